The second kappa shape index (κ2) is 6.86. The number of carbonyl (C=O) groups excluding carboxylic acids is 1. The van der Waals surface area contributed by atoms with Crippen LogP contribution in [0.5, 0.6) is 0 Å². The van der Waals surface area contributed by atoms with E-state index in [-0.39, 0.29) is 5.56 Å². The fourth-order valence-corrected chi connectivity index (χ4v) is 1.88. The second-order valence-corrected chi connectivity index (χ2v) is 6.26. The first-order valence-corrected chi connectivity index (χ1v) is 6.90. The van der Waals surface area contributed by atoms with Gasteiger partial charge in [-0.1, -0.05) is 0 Å². The highest BCUT2D eigenvalue weighted by Crippen LogP contribution is 2.20. The largest absolute Gasteiger partial charge is 0.480 e. The standard InChI is InChI=1S/C13H17BrN2O5/c1-13(2,3)21-12(20)16-9(11(18)19)10(17)7-4-8(14)6-15-5-7/h4-6,9-10,17H,1-3H3,(H,16,20)(H,18,19)/t9-,10-/m1/s1. The number of nitrogens with zero attached hydrogens (tertiary/aromatic N) is 1. The van der Waals surface area contributed by atoms with Crippen LogP contribution in [-0.2, 0) is 9.53 Å². The quantitative estimate of drug-likeness (QED) is 0.755. The van der Waals surface area contributed by atoms with Crippen molar-refractivity contribution in [1.82, 2.24) is 10.3 Å². The molecule has 0 aliphatic rings. The van der Waals surface area contributed by atoms with Crippen LogP contribution in [0.2, 0.25) is 0 Å². The maximum absolute atomic E-state index is 11.6. The summed E-state index contributed by atoms with van der Waals surface area (Å²) in [4.78, 5) is 26.7. The summed E-state index contributed by atoms with van der Waals surface area (Å²) in [6, 6.07) is -0.0272. The van der Waals surface area contributed by atoms with Gasteiger partial charge in [0.1, 0.15) is 11.7 Å². The lowest BCUT2D eigenvalue weighted by atomic mass is 10.0. The number of ether oxygens (including phenoxy) is 1. The van der Waals surface area contributed by atoms with Crippen LogP contribution in [0.4, 0.5) is 4.79 Å². The van der Waals surface area contributed by atoms with Crippen LogP contribution < -0.4 is 5.32 Å². The number of alkyl carbamates (subject to hydrolysis) is 1. The molecule has 1 aromatic rings. The molecule has 8 heteroatoms. The minimum Gasteiger partial charge on any atom is -0.480 e. The molecule has 0 aliphatic heterocycles. The Morgan fingerprint density at radius 1 is 1.38 bits per heavy atom. The van der Waals surface area contributed by atoms with E-state index in [9.17, 15) is 14.7 Å². The number of aliphatic carboxylic acids is 1. The summed E-state index contributed by atoms with van der Waals surface area (Å²) >= 11 is 3.17. The molecule has 0 saturated carbocycles. The zero-order chi connectivity index (χ0) is 16.2. The number of pyridine rings is 1. The smallest absolute Gasteiger partial charge is 0.408 e. The predicted molar refractivity (Wildman–Crippen MR) is 77.7 cm³/mol. The molecule has 21 heavy (non-hydrogen) atoms. The Labute approximate surface area is 130 Å². The summed E-state index contributed by atoms with van der Waals surface area (Å²) in [7, 11) is 0. The maximum Gasteiger partial charge on any atom is 0.408 e. The van der Waals surface area contributed by atoms with E-state index in [1.54, 1.807) is 20.8 Å². The molecular weight excluding hydrogens is 344 g/mol. The van der Waals surface area contributed by atoms with Crippen molar-refractivity contribution in [2.75, 3.05) is 0 Å². The first-order valence-electron chi connectivity index (χ1n) is 6.11. The summed E-state index contributed by atoms with van der Waals surface area (Å²) in [6.45, 7) is 4.95. The molecule has 1 amide bonds. The molecule has 1 rings (SSSR count). The zero-order valence-electron chi connectivity index (χ0n) is 11.8. The van der Waals surface area contributed by atoms with Crippen LogP contribution in [0.15, 0.2) is 22.9 Å². The summed E-state index contributed by atoms with van der Waals surface area (Å²) in [6.07, 6.45) is 0.437. The van der Waals surface area contributed by atoms with Crippen LogP contribution in [0.1, 0.15) is 32.4 Å². The molecule has 0 unspecified atom stereocenters. The third-order valence-corrected chi connectivity index (χ3v) is 2.76. The second-order valence-electron chi connectivity index (χ2n) is 5.34. The monoisotopic (exact) mass is 360 g/mol. The highest BCUT2D eigenvalue weighted by atomic mass is 79.9. The number of hydrogen-bond donors (Lipinski definition) is 3. The Bertz CT molecular complexity index is 530. The molecule has 0 spiro atoms. The number of aromatic nitrogens is 1. The molecule has 3 N–H and O–H groups in total. The number of rotatable bonds is 4. The van der Waals surface area contributed by atoms with Gasteiger partial charge in [0.25, 0.3) is 0 Å². The molecule has 116 valence electrons. The van der Waals surface area contributed by atoms with Gasteiger partial charge in [-0.15, -0.1) is 0 Å². The van der Waals surface area contributed by atoms with Crippen LogP contribution >= 0.6 is 15.9 Å². The van der Waals surface area contributed by atoms with E-state index >= 15 is 0 Å². The number of halogens is 1. The number of carboxylic acid groups (broad SMARTS) is 1. The van der Waals surface area contributed by atoms with Crippen LogP contribution in [0.25, 0.3) is 0 Å². The summed E-state index contributed by atoms with van der Waals surface area (Å²) in [5, 5.41) is 21.4. The van der Waals surface area contributed by atoms with E-state index in [0.29, 0.717) is 4.47 Å². The van der Waals surface area contributed by atoms with Gasteiger partial charge in [-0.2, -0.15) is 0 Å². The summed E-state index contributed by atoms with van der Waals surface area (Å²) in [5.41, 5.74) is -0.511. The van der Waals surface area contributed by atoms with Crippen molar-refractivity contribution in [3.05, 3.63) is 28.5 Å². The normalized spacial score (nSPS) is 14.1. The van der Waals surface area contributed by atoms with Gasteiger partial charge in [0.05, 0.1) is 0 Å². The van der Waals surface area contributed by atoms with Crippen molar-refractivity contribution in [2.45, 2.75) is 38.5 Å². The molecule has 0 aromatic carbocycles. The number of amides is 1. The zero-order valence-corrected chi connectivity index (χ0v) is 13.4. The van der Waals surface area contributed by atoms with Gasteiger partial charge >= 0.3 is 12.1 Å². The predicted octanol–water partition coefficient (Wildman–Crippen LogP) is 1.86. The lowest BCUT2D eigenvalue weighted by Crippen LogP contribution is -2.46. The molecule has 7 nitrogen and oxygen atoms in total. The molecule has 0 aliphatic carbocycles. The van der Waals surface area contributed by atoms with Crippen molar-refractivity contribution in [2.24, 2.45) is 0 Å². The summed E-state index contributed by atoms with van der Waals surface area (Å²) < 4.78 is 5.56. The summed E-state index contributed by atoms with van der Waals surface area (Å²) in [5.74, 6) is -1.38. The minimum atomic E-state index is -1.55. The van der Waals surface area contributed by atoms with Gasteiger partial charge in [0.2, 0.25) is 0 Å². The topological polar surface area (TPSA) is 109 Å². The van der Waals surface area contributed by atoms with Crippen molar-refractivity contribution in [3.63, 3.8) is 0 Å². The van der Waals surface area contributed by atoms with Gasteiger partial charge in [-0.3, -0.25) is 4.98 Å². The van der Waals surface area contributed by atoms with E-state index in [0.717, 1.165) is 0 Å². The Kier molecular flexibility index (Phi) is 5.68. The Morgan fingerprint density at radius 2 is 2.00 bits per heavy atom. The molecule has 2 atom stereocenters. The number of hydrogen-bond acceptors (Lipinski definition) is 5. The van der Waals surface area contributed by atoms with E-state index < -0.39 is 29.8 Å². The first kappa shape index (κ1) is 17.4. The Morgan fingerprint density at radius 3 is 2.48 bits per heavy atom. The lowest BCUT2D eigenvalue weighted by Gasteiger charge is -2.24. The molecule has 1 aromatic heterocycles. The average molecular weight is 361 g/mol. The van der Waals surface area contributed by atoms with Gasteiger partial charge in [-0.25, -0.2) is 9.59 Å². The highest BCUT2D eigenvalue weighted by Gasteiger charge is 2.31. The number of aliphatic hydroxyl groups excluding tert-OH is 1. The SMILES string of the molecule is CC(C)(C)OC(=O)N[C@@H](C(=O)O)[C@H](O)c1cncc(Br)c1. The number of carbonyl (C=O) groups is 2. The molecule has 0 bridgehead atoms. The number of nitrogens with one attached hydrogen (secondary N) is 1. The van der Waals surface area contributed by atoms with E-state index in [2.05, 4.69) is 26.2 Å². The number of aliphatic hydroxyl groups is 1. The molecule has 0 fully saturated rings. The fraction of sp³-hybridized carbons (Fsp3) is 0.462. The van der Waals surface area contributed by atoms with Crippen molar-refractivity contribution in [1.29, 1.82) is 0 Å². The third kappa shape index (κ3) is 5.68. The van der Waals surface area contributed by atoms with Gasteiger partial charge in [-0.05, 0) is 42.8 Å². The van der Waals surface area contributed by atoms with Crippen LogP contribution in [0, 0.1) is 0 Å². The first-order chi connectivity index (χ1) is 9.60. The highest BCUT2D eigenvalue weighted by molar-refractivity contribution is 9.10. The minimum absolute atomic E-state index is 0.257. The van der Waals surface area contributed by atoms with E-state index in [1.807, 2.05) is 0 Å². The Hall–Kier alpha value is -1.67. The maximum atomic E-state index is 11.6. The van der Waals surface area contributed by atoms with Gasteiger partial charge < -0.3 is 20.3 Å². The average Bonchev–Trinajstić information content (AvgIpc) is 2.32. The van der Waals surface area contributed by atoms with Crippen molar-refractivity contribution in [3.8, 4) is 0 Å². The molecule has 0 saturated heterocycles. The van der Waals surface area contributed by atoms with Crippen molar-refractivity contribution < 1.29 is 24.5 Å². The van der Waals surface area contributed by atoms with Crippen LogP contribution in [0.3, 0.4) is 0 Å². The lowest BCUT2D eigenvalue weighted by molar-refractivity contribution is -0.142. The van der Waals surface area contributed by atoms with Gasteiger partial charge in [0, 0.05) is 22.4 Å². The third-order valence-electron chi connectivity index (χ3n) is 2.32. The van der Waals surface area contributed by atoms with E-state index in [4.69, 9.17) is 9.84 Å². The molecular formula is C13H17BrN2O5. The van der Waals surface area contributed by atoms with Crippen LogP contribution in [-0.4, -0.2) is 38.9 Å². The van der Waals surface area contributed by atoms with Crippen molar-refractivity contribution >= 4 is 28.0 Å². The van der Waals surface area contributed by atoms with Gasteiger partial charge in [0.15, 0.2) is 6.04 Å². The Balaban J connectivity index is 2.87. The number of carboxylic acids is 1. The fourth-order valence-electron chi connectivity index (χ4n) is 1.49. The van der Waals surface area contributed by atoms with E-state index in [1.165, 1.54) is 18.5 Å². The molecule has 0 radical (unpaired) electrons. The molecule has 1 heterocycles.